The average Bonchev–Trinajstić information content (AvgIpc) is 3.13. The highest BCUT2D eigenvalue weighted by Crippen LogP contribution is 2.39. The second-order valence-electron chi connectivity index (χ2n) is 7.52. The quantitative estimate of drug-likeness (QED) is 0.376. The zero-order chi connectivity index (χ0) is 22.3. The number of para-hydroxylation sites is 1. The van der Waals surface area contributed by atoms with Gasteiger partial charge in [-0.3, -0.25) is 9.69 Å². The minimum atomic E-state index is -0.130. The second kappa shape index (κ2) is 10.3. The van der Waals surface area contributed by atoms with Gasteiger partial charge in [-0.25, -0.2) is 4.99 Å². The molecule has 0 spiro atoms. The Bertz CT molecular complexity index is 1110. The number of nitrogens with zero attached hydrogens (tertiary/aromatic N) is 2. The van der Waals surface area contributed by atoms with Gasteiger partial charge in [-0.15, -0.1) is 0 Å². The number of amidine groups is 1. The molecule has 1 fully saturated rings. The van der Waals surface area contributed by atoms with Crippen molar-refractivity contribution in [3.05, 3.63) is 101 Å². The molecule has 0 unspecified atom stereocenters. The van der Waals surface area contributed by atoms with Crippen LogP contribution < -0.4 is 4.74 Å². The summed E-state index contributed by atoms with van der Waals surface area (Å²) in [7, 11) is 0. The maximum atomic E-state index is 13.5. The van der Waals surface area contributed by atoms with Crippen LogP contribution in [0.15, 0.2) is 94.8 Å². The normalized spacial score (nSPS) is 17.2. The van der Waals surface area contributed by atoms with Crippen LogP contribution >= 0.6 is 11.8 Å². The molecular weight excluding hydrogens is 416 g/mol. The van der Waals surface area contributed by atoms with Gasteiger partial charge in [0.25, 0.3) is 5.91 Å². The van der Waals surface area contributed by atoms with E-state index >= 15 is 0 Å². The number of hydrogen-bond acceptors (Lipinski definition) is 4. The molecule has 0 aromatic heterocycles. The summed E-state index contributed by atoms with van der Waals surface area (Å²) in [5, 5.41) is 0.687. The van der Waals surface area contributed by atoms with Crippen molar-refractivity contribution in [1.29, 1.82) is 0 Å². The third-order valence-electron chi connectivity index (χ3n) is 5.14. The standard InChI is InChI=1S/C27H26N2O2S/c1-3-18-31-24-16-14-21(15-17-24)19-25-26(30)29(20(2)22-10-6-4-7-11-22)27(32-25)28-23-12-8-5-9-13-23/h4-17,19-20H,3,18H2,1-2H3/b25-19+,28-27?/t20-/m1/s1. The molecule has 0 saturated carbocycles. The van der Waals surface area contributed by atoms with Crippen LogP contribution in [-0.4, -0.2) is 22.6 Å². The van der Waals surface area contributed by atoms with Crippen LogP contribution in [0.4, 0.5) is 5.69 Å². The number of hydrogen-bond donors (Lipinski definition) is 0. The lowest BCUT2D eigenvalue weighted by Crippen LogP contribution is -2.32. The molecule has 1 amide bonds. The van der Waals surface area contributed by atoms with E-state index in [9.17, 15) is 4.79 Å². The van der Waals surface area contributed by atoms with E-state index in [2.05, 4.69) is 6.92 Å². The van der Waals surface area contributed by atoms with Gasteiger partial charge in [-0.2, -0.15) is 0 Å². The Morgan fingerprint density at radius 1 is 0.969 bits per heavy atom. The molecule has 32 heavy (non-hydrogen) atoms. The number of carbonyl (C=O) groups is 1. The van der Waals surface area contributed by atoms with E-state index in [-0.39, 0.29) is 11.9 Å². The van der Waals surface area contributed by atoms with Gasteiger partial charge in [0.2, 0.25) is 0 Å². The third-order valence-corrected chi connectivity index (χ3v) is 6.12. The largest absolute Gasteiger partial charge is 0.494 e. The monoisotopic (exact) mass is 442 g/mol. The summed E-state index contributed by atoms with van der Waals surface area (Å²) in [5.41, 5.74) is 2.85. The van der Waals surface area contributed by atoms with Gasteiger partial charge < -0.3 is 4.74 Å². The van der Waals surface area contributed by atoms with Crippen LogP contribution in [0.2, 0.25) is 0 Å². The molecule has 1 heterocycles. The van der Waals surface area contributed by atoms with Crippen molar-refractivity contribution in [3.8, 4) is 5.75 Å². The highest BCUT2D eigenvalue weighted by molar-refractivity contribution is 8.18. The minimum Gasteiger partial charge on any atom is -0.494 e. The Morgan fingerprint density at radius 2 is 1.62 bits per heavy atom. The fourth-order valence-corrected chi connectivity index (χ4v) is 4.50. The molecule has 1 saturated heterocycles. The van der Waals surface area contributed by atoms with E-state index in [0.717, 1.165) is 29.0 Å². The molecule has 1 aliphatic rings. The molecule has 3 aromatic rings. The summed E-state index contributed by atoms with van der Waals surface area (Å²) in [6, 6.07) is 27.5. The van der Waals surface area contributed by atoms with E-state index in [4.69, 9.17) is 9.73 Å². The molecule has 0 aliphatic carbocycles. The van der Waals surface area contributed by atoms with Gasteiger partial charge in [0.1, 0.15) is 5.75 Å². The Kier molecular flexibility index (Phi) is 7.07. The second-order valence-corrected chi connectivity index (χ2v) is 8.53. The van der Waals surface area contributed by atoms with Crippen molar-refractivity contribution in [3.63, 3.8) is 0 Å². The molecule has 1 atom stereocenters. The molecule has 162 valence electrons. The summed E-state index contributed by atoms with van der Waals surface area (Å²) in [6.07, 6.45) is 2.89. The molecule has 0 bridgehead atoms. The van der Waals surface area contributed by atoms with Crippen LogP contribution in [0.3, 0.4) is 0 Å². The Balaban J connectivity index is 1.66. The van der Waals surface area contributed by atoms with Gasteiger partial charge in [0.15, 0.2) is 5.17 Å². The summed E-state index contributed by atoms with van der Waals surface area (Å²) in [5.74, 6) is 0.803. The molecule has 4 nitrogen and oxygen atoms in total. The molecule has 1 aliphatic heterocycles. The van der Waals surface area contributed by atoms with Crippen molar-refractivity contribution < 1.29 is 9.53 Å². The van der Waals surface area contributed by atoms with Crippen molar-refractivity contribution in [2.75, 3.05) is 6.61 Å². The topological polar surface area (TPSA) is 41.9 Å². The number of carbonyl (C=O) groups excluding carboxylic acids is 1. The van der Waals surface area contributed by atoms with Crippen LogP contribution in [0.25, 0.3) is 6.08 Å². The number of benzene rings is 3. The molecule has 0 N–H and O–H groups in total. The first-order chi connectivity index (χ1) is 15.7. The maximum Gasteiger partial charge on any atom is 0.267 e. The molecule has 5 heteroatoms. The average molecular weight is 443 g/mol. The van der Waals surface area contributed by atoms with Gasteiger partial charge in [0.05, 0.1) is 23.2 Å². The predicted molar refractivity (Wildman–Crippen MR) is 133 cm³/mol. The lowest BCUT2D eigenvalue weighted by molar-refractivity contribution is -0.123. The Morgan fingerprint density at radius 3 is 2.28 bits per heavy atom. The highest BCUT2D eigenvalue weighted by Gasteiger charge is 2.37. The van der Waals surface area contributed by atoms with Crippen molar-refractivity contribution >= 4 is 34.6 Å². The van der Waals surface area contributed by atoms with E-state index in [0.29, 0.717) is 16.7 Å². The van der Waals surface area contributed by atoms with Crippen LogP contribution in [0, 0.1) is 0 Å². The predicted octanol–water partition coefficient (Wildman–Crippen LogP) is 6.84. The van der Waals surface area contributed by atoms with Gasteiger partial charge in [-0.1, -0.05) is 67.6 Å². The Labute approximate surface area is 193 Å². The fourth-order valence-electron chi connectivity index (χ4n) is 3.43. The first-order valence-electron chi connectivity index (χ1n) is 10.8. The number of amides is 1. The SMILES string of the molecule is CCCOc1ccc(/C=C2/SC(=Nc3ccccc3)N([C@H](C)c3ccccc3)C2=O)cc1. The van der Waals surface area contributed by atoms with E-state index in [1.165, 1.54) is 11.8 Å². The fraction of sp³-hybridized carbons (Fsp3) is 0.185. The van der Waals surface area contributed by atoms with E-state index in [1.807, 2.05) is 97.9 Å². The van der Waals surface area contributed by atoms with Crippen molar-refractivity contribution in [2.45, 2.75) is 26.3 Å². The van der Waals surface area contributed by atoms with Gasteiger partial charge >= 0.3 is 0 Å². The van der Waals surface area contributed by atoms with Crippen molar-refractivity contribution in [1.82, 2.24) is 4.90 Å². The summed E-state index contributed by atoms with van der Waals surface area (Å²) >= 11 is 1.41. The number of thioether (sulfide) groups is 1. The zero-order valence-electron chi connectivity index (χ0n) is 18.3. The third kappa shape index (κ3) is 5.11. The number of aliphatic imine (C=N–C) groups is 1. The Hall–Kier alpha value is -3.31. The minimum absolute atomic E-state index is 0.0349. The van der Waals surface area contributed by atoms with Gasteiger partial charge in [0, 0.05) is 0 Å². The van der Waals surface area contributed by atoms with E-state index in [1.54, 1.807) is 4.90 Å². The molecule has 4 rings (SSSR count). The molecule has 3 aromatic carbocycles. The number of rotatable bonds is 7. The molecular formula is C27H26N2O2S. The smallest absolute Gasteiger partial charge is 0.267 e. The first-order valence-corrected chi connectivity index (χ1v) is 11.6. The zero-order valence-corrected chi connectivity index (χ0v) is 19.1. The highest BCUT2D eigenvalue weighted by atomic mass is 32.2. The number of ether oxygens (including phenoxy) is 1. The molecule has 0 radical (unpaired) electrons. The summed E-state index contributed by atoms with van der Waals surface area (Å²) < 4.78 is 5.66. The van der Waals surface area contributed by atoms with E-state index < -0.39 is 0 Å². The lowest BCUT2D eigenvalue weighted by Gasteiger charge is -2.24. The summed E-state index contributed by atoms with van der Waals surface area (Å²) in [6.45, 7) is 4.82. The van der Waals surface area contributed by atoms with Crippen LogP contribution in [-0.2, 0) is 4.79 Å². The summed E-state index contributed by atoms with van der Waals surface area (Å²) in [4.78, 5) is 20.7. The van der Waals surface area contributed by atoms with Gasteiger partial charge in [-0.05, 0) is 66.6 Å². The van der Waals surface area contributed by atoms with Crippen LogP contribution in [0.5, 0.6) is 5.75 Å². The van der Waals surface area contributed by atoms with Crippen LogP contribution in [0.1, 0.15) is 37.4 Å². The first kappa shape index (κ1) is 21.9. The van der Waals surface area contributed by atoms with Crippen molar-refractivity contribution in [2.24, 2.45) is 4.99 Å². The maximum absolute atomic E-state index is 13.5. The lowest BCUT2D eigenvalue weighted by atomic mass is 10.1.